The first-order chi connectivity index (χ1) is 13.4. The molecule has 7 nitrogen and oxygen atoms in total. The van der Waals surface area contributed by atoms with Crippen LogP contribution >= 0.6 is 0 Å². The zero-order valence-electron chi connectivity index (χ0n) is 16.6. The number of carboxylic acid groups (broad SMARTS) is 1. The topological polar surface area (TPSA) is 91.3 Å². The van der Waals surface area contributed by atoms with Gasteiger partial charge < -0.3 is 24.6 Å². The van der Waals surface area contributed by atoms with Crippen LogP contribution < -0.4 is 10.1 Å². The Bertz CT molecular complexity index is 844. The molecular formula is C21H28N2O5. The summed E-state index contributed by atoms with van der Waals surface area (Å²) in [6, 6.07) is 3.20. The van der Waals surface area contributed by atoms with E-state index in [0.717, 1.165) is 37.8 Å². The molecule has 28 heavy (non-hydrogen) atoms. The van der Waals surface area contributed by atoms with E-state index in [-0.39, 0.29) is 29.4 Å². The predicted octanol–water partition coefficient (Wildman–Crippen LogP) is 1.26. The minimum atomic E-state index is -0.870. The number of likely N-dealkylation sites (N-methyl/N-ethyl adjacent to an activating group) is 1. The fraction of sp³-hybridized carbons (Fsp3) is 0.667. The molecule has 2 fully saturated rings. The van der Waals surface area contributed by atoms with Gasteiger partial charge in [-0.2, -0.15) is 0 Å². The molecule has 2 heterocycles. The van der Waals surface area contributed by atoms with Crippen molar-refractivity contribution in [2.75, 3.05) is 20.7 Å². The second-order valence-corrected chi connectivity index (χ2v) is 8.87. The zero-order valence-corrected chi connectivity index (χ0v) is 16.6. The highest BCUT2D eigenvalue weighted by molar-refractivity contribution is 5.73. The van der Waals surface area contributed by atoms with Crippen molar-refractivity contribution in [3.8, 4) is 11.5 Å². The molecule has 0 aromatic heterocycles. The molecule has 152 valence electrons. The van der Waals surface area contributed by atoms with Crippen molar-refractivity contribution in [1.82, 2.24) is 10.2 Å². The number of nitrogens with one attached hydrogen (secondary N) is 1. The van der Waals surface area contributed by atoms with Crippen LogP contribution in [0.1, 0.15) is 37.3 Å². The number of phenolic OH excluding ortho intramolecular Hbond substituents is 1. The quantitative estimate of drug-likeness (QED) is 0.715. The lowest BCUT2D eigenvalue weighted by atomic mass is 9.48. The van der Waals surface area contributed by atoms with Gasteiger partial charge >= 0.3 is 5.97 Å². The van der Waals surface area contributed by atoms with Crippen LogP contribution in [0.5, 0.6) is 11.5 Å². The molecule has 3 N–H and O–H groups in total. The van der Waals surface area contributed by atoms with Gasteiger partial charge in [-0.25, -0.2) is 0 Å². The van der Waals surface area contributed by atoms with E-state index in [1.165, 1.54) is 5.56 Å². The molecule has 2 unspecified atom stereocenters. The monoisotopic (exact) mass is 388 g/mol. The number of aromatic hydroxyl groups is 1. The number of carboxylic acids is 1. The summed E-state index contributed by atoms with van der Waals surface area (Å²) in [5.74, 6) is -0.136. The van der Waals surface area contributed by atoms with E-state index in [4.69, 9.17) is 9.47 Å². The molecule has 1 saturated heterocycles. The first-order valence-corrected chi connectivity index (χ1v) is 10.1. The van der Waals surface area contributed by atoms with Gasteiger partial charge in [-0.15, -0.1) is 0 Å². The number of phenols is 1. The molecular weight excluding hydrogens is 360 g/mol. The average Bonchev–Trinajstić information content (AvgIpc) is 3.03. The Morgan fingerprint density at radius 2 is 2.21 bits per heavy atom. The van der Waals surface area contributed by atoms with Crippen molar-refractivity contribution in [2.24, 2.45) is 0 Å². The largest absolute Gasteiger partial charge is 0.504 e. The normalized spacial score (nSPS) is 39.2. The minimum absolute atomic E-state index is 0.115. The average molecular weight is 388 g/mol. The number of aliphatic carboxylic acids is 1. The number of hydrogen-bond acceptors (Lipinski definition) is 6. The molecule has 1 saturated carbocycles. The Morgan fingerprint density at radius 3 is 2.93 bits per heavy atom. The summed E-state index contributed by atoms with van der Waals surface area (Å²) >= 11 is 0. The van der Waals surface area contributed by atoms with Crippen molar-refractivity contribution < 1.29 is 24.5 Å². The summed E-state index contributed by atoms with van der Waals surface area (Å²) in [4.78, 5) is 13.9. The van der Waals surface area contributed by atoms with E-state index in [1.54, 1.807) is 20.1 Å². The number of hydrogen-bond donors (Lipinski definition) is 3. The number of benzene rings is 1. The number of methoxy groups -OCH3 is 1. The summed E-state index contributed by atoms with van der Waals surface area (Å²) in [7, 11) is 3.96. The number of carbonyl (C=O) groups is 1. The van der Waals surface area contributed by atoms with Crippen LogP contribution in [0.3, 0.4) is 0 Å². The van der Waals surface area contributed by atoms with Gasteiger partial charge in [0.1, 0.15) is 12.1 Å². The summed E-state index contributed by atoms with van der Waals surface area (Å²) in [6.07, 6.45) is 3.07. The van der Waals surface area contributed by atoms with Crippen LogP contribution in [-0.4, -0.2) is 71.6 Å². The highest BCUT2D eigenvalue weighted by Gasteiger charge is 2.73. The van der Waals surface area contributed by atoms with Crippen molar-refractivity contribution >= 4 is 5.97 Å². The maximum atomic E-state index is 11.5. The van der Waals surface area contributed by atoms with E-state index in [9.17, 15) is 15.0 Å². The van der Waals surface area contributed by atoms with Gasteiger partial charge in [0.25, 0.3) is 0 Å². The summed E-state index contributed by atoms with van der Waals surface area (Å²) < 4.78 is 12.8. The number of nitrogens with zero attached hydrogens (tertiary/aromatic N) is 1. The molecule has 5 rings (SSSR count). The number of piperidine rings is 1. The van der Waals surface area contributed by atoms with Crippen molar-refractivity contribution in [3.63, 3.8) is 0 Å². The van der Waals surface area contributed by atoms with E-state index < -0.39 is 17.6 Å². The smallest absolute Gasteiger partial charge is 0.320 e. The van der Waals surface area contributed by atoms with Crippen molar-refractivity contribution in [2.45, 2.75) is 67.9 Å². The van der Waals surface area contributed by atoms with Gasteiger partial charge in [-0.3, -0.25) is 10.1 Å². The van der Waals surface area contributed by atoms with E-state index in [0.29, 0.717) is 5.75 Å². The van der Waals surface area contributed by atoms with Gasteiger partial charge in [0.05, 0.1) is 11.0 Å². The molecule has 0 radical (unpaired) electrons. The lowest BCUT2D eigenvalue weighted by Crippen LogP contribution is -2.78. The van der Waals surface area contributed by atoms with Gasteiger partial charge in [0.15, 0.2) is 11.5 Å². The first kappa shape index (κ1) is 18.2. The van der Waals surface area contributed by atoms with Crippen molar-refractivity contribution in [3.05, 3.63) is 23.3 Å². The van der Waals surface area contributed by atoms with E-state index >= 15 is 0 Å². The lowest BCUT2D eigenvalue weighted by molar-refractivity contribution is -0.204. The van der Waals surface area contributed by atoms with Crippen LogP contribution in [0.2, 0.25) is 0 Å². The van der Waals surface area contributed by atoms with Gasteiger partial charge in [0, 0.05) is 24.8 Å². The van der Waals surface area contributed by atoms with Crippen LogP contribution in [0, 0.1) is 0 Å². The molecule has 2 aliphatic carbocycles. The zero-order chi connectivity index (χ0) is 19.8. The maximum absolute atomic E-state index is 11.5. The Kier molecular flexibility index (Phi) is 3.80. The molecule has 1 spiro atoms. The Morgan fingerprint density at radius 1 is 1.43 bits per heavy atom. The molecule has 6 atom stereocenters. The van der Waals surface area contributed by atoms with Gasteiger partial charge in [0.2, 0.25) is 0 Å². The molecule has 1 aromatic rings. The standard InChI is InChI=1S/C21H28N2O5/c1-11(19(25)26)22-13-6-7-21(27-3)15-10-12-4-5-14(24)17-16(12)20(21,18(13)28-17)8-9-23(15)2/h4-5,11,13,15,18,22,24H,6-10H2,1-3H3,(H,25,26)/t11?,13-,15?,18-,20-,21+/m0/s1. The Hall–Kier alpha value is -1.83. The molecule has 4 aliphatic rings. The fourth-order valence-corrected chi connectivity index (χ4v) is 6.70. The predicted molar refractivity (Wildman–Crippen MR) is 102 cm³/mol. The molecule has 2 aliphatic heterocycles. The minimum Gasteiger partial charge on any atom is -0.504 e. The third-order valence-corrected chi connectivity index (χ3v) is 7.89. The third kappa shape index (κ3) is 1.97. The van der Waals surface area contributed by atoms with Crippen LogP contribution in [0.4, 0.5) is 0 Å². The Labute approximate surface area is 164 Å². The van der Waals surface area contributed by atoms with Crippen molar-refractivity contribution in [1.29, 1.82) is 0 Å². The SMILES string of the molecule is CO[C@@]12CC[C@H](NC(C)C(=O)O)[C@@H]3Oc4c(O)ccc5c4[C@@]31CCN(C)C2C5. The molecule has 1 aromatic carbocycles. The summed E-state index contributed by atoms with van der Waals surface area (Å²) in [5, 5.41) is 23.3. The number of likely N-dealkylation sites (tertiary alicyclic amines) is 1. The summed E-state index contributed by atoms with van der Waals surface area (Å²) in [5.41, 5.74) is 1.53. The third-order valence-electron chi connectivity index (χ3n) is 7.89. The first-order valence-electron chi connectivity index (χ1n) is 10.1. The highest BCUT2D eigenvalue weighted by atomic mass is 16.5. The molecule has 2 bridgehead atoms. The van der Waals surface area contributed by atoms with Gasteiger partial charge in [-0.1, -0.05) is 6.07 Å². The number of ether oxygens (including phenoxy) is 2. The van der Waals surface area contributed by atoms with Gasteiger partial charge in [-0.05, 0) is 57.8 Å². The number of rotatable bonds is 4. The summed E-state index contributed by atoms with van der Waals surface area (Å²) in [6.45, 7) is 2.59. The van der Waals surface area contributed by atoms with Crippen LogP contribution in [0.15, 0.2) is 12.1 Å². The maximum Gasteiger partial charge on any atom is 0.320 e. The van der Waals surface area contributed by atoms with Crippen LogP contribution in [-0.2, 0) is 21.4 Å². The van der Waals surface area contributed by atoms with Crippen LogP contribution in [0.25, 0.3) is 0 Å². The Balaban J connectivity index is 1.70. The van der Waals surface area contributed by atoms with E-state index in [1.807, 2.05) is 6.07 Å². The molecule has 0 amide bonds. The highest BCUT2D eigenvalue weighted by Crippen LogP contribution is 2.66. The fourth-order valence-electron chi connectivity index (χ4n) is 6.70. The second kappa shape index (κ2) is 5.84. The van der Waals surface area contributed by atoms with E-state index in [2.05, 4.69) is 17.3 Å². The lowest BCUT2D eigenvalue weighted by Gasteiger charge is -2.65. The second-order valence-electron chi connectivity index (χ2n) is 8.87. The molecule has 7 heteroatoms.